The van der Waals surface area contributed by atoms with Gasteiger partial charge in [0.25, 0.3) is 0 Å². The minimum Gasteiger partial charge on any atom is -0.381 e. The lowest BCUT2D eigenvalue weighted by molar-refractivity contribution is 0.619. The molecule has 0 heterocycles. The first-order valence-corrected chi connectivity index (χ1v) is 6.75. The minimum atomic E-state index is -0.225. The van der Waals surface area contributed by atoms with Crippen molar-refractivity contribution in [2.24, 2.45) is 0 Å². The van der Waals surface area contributed by atoms with Gasteiger partial charge >= 0.3 is 0 Å². The maximum Gasteiger partial charge on any atom is 0.137 e. The van der Waals surface area contributed by atoms with Gasteiger partial charge in [-0.05, 0) is 57.7 Å². The second kappa shape index (κ2) is 6.01. The van der Waals surface area contributed by atoms with Crippen LogP contribution in [0.5, 0.6) is 0 Å². The van der Waals surface area contributed by atoms with Crippen molar-refractivity contribution in [1.82, 2.24) is 0 Å². The summed E-state index contributed by atoms with van der Waals surface area (Å²) in [4.78, 5) is 0. The molecule has 18 heavy (non-hydrogen) atoms. The first-order valence-electron chi connectivity index (χ1n) is 5.96. The van der Waals surface area contributed by atoms with Gasteiger partial charge in [0, 0.05) is 12.2 Å². The van der Waals surface area contributed by atoms with Gasteiger partial charge in [-0.25, -0.2) is 4.39 Å². The smallest absolute Gasteiger partial charge is 0.137 e. The minimum absolute atomic E-state index is 0.225. The highest BCUT2D eigenvalue weighted by atomic mass is 79.9. The van der Waals surface area contributed by atoms with Crippen LogP contribution in [0.2, 0.25) is 0 Å². The van der Waals surface area contributed by atoms with Gasteiger partial charge in [0.15, 0.2) is 0 Å². The van der Waals surface area contributed by atoms with Crippen LogP contribution in [0.15, 0.2) is 46.9 Å². The van der Waals surface area contributed by atoms with Crippen LogP contribution in [0.4, 0.5) is 10.1 Å². The van der Waals surface area contributed by atoms with Crippen LogP contribution in [0, 0.1) is 5.82 Å². The molecule has 2 aromatic rings. The van der Waals surface area contributed by atoms with E-state index >= 15 is 0 Å². The first-order chi connectivity index (χ1) is 8.69. The Kier molecular flexibility index (Phi) is 4.37. The normalized spacial score (nSPS) is 10.4. The number of hydrogen-bond acceptors (Lipinski definition) is 1. The quantitative estimate of drug-likeness (QED) is 0.858. The van der Waals surface area contributed by atoms with E-state index in [4.69, 9.17) is 0 Å². The molecule has 0 unspecified atom stereocenters. The number of aryl methyl sites for hydroxylation is 1. The Hall–Kier alpha value is -1.35. The lowest BCUT2D eigenvalue weighted by Gasteiger charge is -2.08. The van der Waals surface area contributed by atoms with Crippen molar-refractivity contribution in [3.8, 4) is 0 Å². The summed E-state index contributed by atoms with van der Waals surface area (Å²) in [5.74, 6) is -0.225. The highest BCUT2D eigenvalue weighted by Gasteiger charge is 2.01. The fourth-order valence-electron chi connectivity index (χ4n) is 1.75. The van der Waals surface area contributed by atoms with E-state index in [1.165, 1.54) is 5.56 Å². The molecule has 0 bridgehead atoms. The molecule has 1 N–H and O–H groups in total. The second-order valence-corrected chi connectivity index (χ2v) is 5.01. The Bertz CT molecular complexity index is 540. The Morgan fingerprint density at radius 2 is 1.94 bits per heavy atom. The molecular weight excluding hydrogens is 293 g/mol. The molecule has 94 valence electrons. The predicted octanol–water partition coefficient (Wildman–Crippen LogP) is 4.76. The first kappa shape index (κ1) is 13.1. The average molecular weight is 308 g/mol. The molecule has 0 aliphatic rings. The number of benzene rings is 2. The summed E-state index contributed by atoms with van der Waals surface area (Å²) >= 11 is 3.15. The molecule has 0 atom stereocenters. The molecule has 0 amide bonds. The monoisotopic (exact) mass is 307 g/mol. The van der Waals surface area contributed by atoms with E-state index in [2.05, 4.69) is 40.3 Å². The molecule has 3 heteroatoms. The third kappa shape index (κ3) is 3.33. The van der Waals surface area contributed by atoms with E-state index in [-0.39, 0.29) is 5.82 Å². The highest BCUT2D eigenvalue weighted by Crippen LogP contribution is 2.18. The van der Waals surface area contributed by atoms with Crippen LogP contribution in [0.1, 0.15) is 18.1 Å². The van der Waals surface area contributed by atoms with Gasteiger partial charge < -0.3 is 5.32 Å². The topological polar surface area (TPSA) is 12.0 Å². The number of nitrogens with one attached hydrogen (secondary N) is 1. The molecule has 2 rings (SSSR count). The average Bonchev–Trinajstić information content (AvgIpc) is 2.40. The molecule has 0 aromatic heterocycles. The summed E-state index contributed by atoms with van der Waals surface area (Å²) in [6.45, 7) is 2.75. The van der Waals surface area contributed by atoms with E-state index in [0.29, 0.717) is 11.0 Å². The Morgan fingerprint density at radius 1 is 1.11 bits per heavy atom. The Balaban J connectivity index is 2.04. The molecule has 2 aromatic carbocycles. The highest BCUT2D eigenvalue weighted by molar-refractivity contribution is 9.10. The van der Waals surface area contributed by atoms with Gasteiger partial charge in [-0.15, -0.1) is 0 Å². The van der Waals surface area contributed by atoms with Crippen LogP contribution in [-0.4, -0.2) is 0 Å². The third-order valence-corrected chi connectivity index (χ3v) is 3.46. The number of anilines is 1. The Labute approximate surface area is 115 Å². The summed E-state index contributed by atoms with van der Waals surface area (Å²) < 4.78 is 13.8. The van der Waals surface area contributed by atoms with Crippen LogP contribution in [-0.2, 0) is 13.0 Å². The summed E-state index contributed by atoms with van der Waals surface area (Å²) in [5.41, 5.74) is 3.29. The fourth-order valence-corrected chi connectivity index (χ4v) is 2.00. The zero-order valence-electron chi connectivity index (χ0n) is 10.2. The molecule has 0 saturated heterocycles. The lowest BCUT2D eigenvalue weighted by atomic mass is 10.1. The van der Waals surface area contributed by atoms with Crippen LogP contribution < -0.4 is 5.32 Å². The molecule has 0 aliphatic heterocycles. The molecule has 0 spiro atoms. The van der Waals surface area contributed by atoms with Gasteiger partial charge in [-0.1, -0.05) is 25.1 Å². The van der Waals surface area contributed by atoms with Gasteiger partial charge in [-0.3, -0.25) is 0 Å². The van der Waals surface area contributed by atoms with Gasteiger partial charge in [0.05, 0.1) is 4.47 Å². The second-order valence-electron chi connectivity index (χ2n) is 4.16. The fraction of sp³-hybridized carbons (Fsp3) is 0.200. The molecular formula is C15H15BrFN. The molecule has 0 saturated carbocycles. The maximum absolute atomic E-state index is 13.3. The molecule has 0 radical (unpaired) electrons. The van der Waals surface area contributed by atoms with Crippen molar-refractivity contribution in [2.75, 3.05) is 5.32 Å². The molecule has 0 aliphatic carbocycles. The van der Waals surface area contributed by atoms with Crippen molar-refractivity contribution < 1.29 is 4.39 Å². The zero-order chi connectivity index (χ0) is 13.0. The van der Waals surface area contributed by atoms with Crippen molar-refractivity contribution >= 4 is 21.6 Å². The van der Waals surface area contributed by atoms with E-state index in [1.807, 2.05) is 18.2 Å². The molecule has 1 nitrogen and oxygen atoms in total. The van der Waals surface area contributed by atoms with Crippen LogP contribution in [0.25, 0.3) is 0 Å². The molecule has 0 fully saturated rings. The summed E-state index contributed by atoms with van der Waals surface area (Å²) in [6, 6.07) is 13.5. The summed E-state index contributed by atoms with van der Waals surface area (Å²) in [5, 5.41) is 3.30. The van der Waals surface area contributed by atoms with Crippen LogP contribution in [0.3, 0.4) is 0 Å². The van der Waals surface area contributed by atoms with E-state index < -0.39 is 0 Å². The number of halogens is 2. The van der Waals surface area contributed by atoms with E-state index in [9.17, 15) is 4.39 Å². The van der Waals surface area contributed by atoms with E-state index in [0.717, 1.165) is 17.7 Å². The summed E-state index contributed by atoms with van der Waals surface area (Å²) in [7, 11) is 0. The standard InChI is InChI=1S/C15H15BrFN/c1-2-11-4-3-5-13(8-11)18-10-12-6-7-14(16)15(17)9-12/h3-9,18H,2,10H2,1H3. The van der Waals surface area contributed by atoms with Crippen molar-refractivity contribution in [3.63, 3.8) is 0 Å². The number of rotatable bonds is 4. The van der Waals surface area contributed by atoms with Crippen molar-refractivity contribution in [3.05, 3.63) is 63.9 Å². The predicted molar refractivity (Wildman–Crippen MR) is 77.2 cm³/mol. The van der Waals surface area contributed by atoms with Gasteiger partial charge in [0.2, 0.25) is 0 Å². The van der Waals surface area contributed by atoms with E-state index in [1.54, 1.807) is 12.1 Å². The van der Waals surface area contributed by atoms with Crippen molar-refractivity contribution in [2.45, 2.75) is 19.9 Å². The van der Waals surface area contributed by atoms with Crippen LogP contribution >= 0.6 is 15.9 Å². The summed E-state index contributed by atoms with van der Waals surface area (Å²) in [6.07, 6.45) is 1.02. The van der Waals surface area contributed by atoms with Gasteiger partial charge in [-0.2, -0.15) is 0 Å². The SMILES string of the molecule is CCc1cccc(NCc2ccc(Br)c(F)c2)c1. The van der Waals surface area contributed by atoms with Gasteiger partial charge in [0.1, 0.15) is 5.82 Å². The number of hydrogen-bond donors (Lipinski definition) is 1. The largest absolute Gasteiger partial charge is 0.381 e. The third-order valence-electron chi connectivity index (χ3n) is 2.82. The lowest BCUT2D eigenvalue weighted by Crippen LogP contribution is -2.00. The Morgan fingerprint density at radius 3 is 2.67 bits per heavy atom. The maximum atomic E-state index is 13.3. The zero-order valence-corrected chi connectivity index (χ0v) is 11.8. The van der Waals surface area contributed by atoms with Crippen molar-refractivity contribution in [1.29, 1.82) is 0 Å².